The fourth-order valence-corrected chi connectivity index (χ4v) is 0.364. The standard InChI is InChI=1S/C3F5O/c4-1(5)2(6,7)3(1,8)9. The van der Waals surface area contributed by atoms with Gasteiger partial charge in [0.15, 0.2) is 0 Å². The summed E-state index contributed by atoms with van der Waals surface area (Å²) in [6.45, 7) is 0. The minimum atomic E-state index is -5.01. The molecule has 0 spiro atoms. The van der Waals surface area contributed by atoms with Crippen molar-refractivity contribution in [1.82, 2.24) is 0 Å². The van der Waals surface area contributed by atoms with Gasteiger partial charge in [-0.1, -0.05) is 0 Å². The largest absolute Gasteiger partial charge is 0.382 e. The van der Waals surface area contributed by atoms with Gasteiger partial charge in [0.1, 0.15) is 0 Å². The number of rotatable bonds is 0. The van der Waals surface area contributed by atoms with Crippen molar-refractivity contribution >= 4 is 0 Å². The van der Waals surface area contributed by atoms with Crippen molar-refractivity contribution in [3.05, 3.63) is 0 Å². The van der Waals surface area contributed by atoms with Crippen molar-refractivity contribution in [2.45, 2.75) is 17.7 Å². The van der Waals surface area contributed by atoms with Crippen LogP contribution in [0.5, 0.6) is 0 Å². The maximum Gasteiger partial charge on any atom is 0.382 e. The Bertz CT molecular complexity index is 110. The van der Waals surface area contributed by atoms with Crippen LogP contribution in [0.3, 0.4) is 0 Å². The normalized spacial score (nSPS) is 34.0. The fraction of sp³-hybridized carbons (Fsp3) is 1.00. The van der Waals surface area contributed by atoms with Crippen LogP contribution in [0.1, 0.15) is 0 Å². The van der Waals surface area contributed by atoms with Gasteiger partial charge in [0.25, 0.3) is 0 Å². The molecule has 0 aromatic heterocycles. The maximum atomic E-state index is 11.3. The van der Waals surface area contributed by atoms with Gasteiger partial charge in [-0.15, -0.1) is 0 Å². The van der Waals surface area contributed by atoms with Crippen LogP contribution in [-0.2, 0) is 5.11 Å². The summed E-state index contributed by atoms with van der Waals surface area (Å²) in [6, 6.07) is 0. The molecule has 0 heterocycles. The summed E-state index contributed by atoms with van der Waals surface area (Å²) in [7, 11) is 0. The lowest BCUT2D eigenvalue weighted by molar-refractivity contribution is -0.145. The average Bonchev–Trinajstić information content (AvgIpc) is 1.84. The molecular formula is C3F5O. The van der Waals surface area contributed by atoms with Crippen molar-refractivity contribution in [1.29, 1.82) is 0 Å². The highest BCUT2D eigenvalue weighted by molar-refractivity contribution is 5.21. The van der Waals surface area contributed by atoms with Crippen LogP contribution < -0.4 is 0 Å². The molecule has 1 aliphatic rings. The van der Waals surface area contributed by atoms with Crippen molar-refractivity contribution in [3.63, 3.8) is 0 Å². The van der Waals surface area contributed by atoms with Crippen molar-refractivity contribution in [2.24, 2.45) is 0 Å². The van der Waals surface area contributed by atoms with E-state index in [-0.39, 0.29) is 0 Å². The second-order valence-corrected chi connectivity index (χ2v) is 1.74. The predicted molar refractivity (Wildman–Crippen MR) is 14.4 cm³/mol. The summed E-state index contributed by atoms with van der Waals surface area (Å²) in [4.78, 5) is 0. The van der Waals surface area contributed by atoms with Crippen molar-refractivity contribution in [2.75, 3.05) is 0 Å². The van der Waals surface area contributed by atoms with E-state index in [1.807, 2.05) is 0 Å². The summed E-state index contributed by atoms with van der Waals surface area (Å²) in [5.74, 6) is -14.9. The summed E-state index contributed by atoms with van der Waals surface area (Å²) in [5, 5.41) is 9.35. The minimum Gasteiger partial charge on any atom is -0.195 e. The lowest BCUT2D eigenvalue weighted by Crippen LogP contribution is -2.08. The van der Waals surface area contributed by atoms with E-state index in [1.54, 1.807) is 0 Å². The fourth-order valence-electron chi connectivity index (χ4n) is 0.364. The maximum absolute atomic E-state index is 11.3. The first-order valence-corrected chi connectivity index (χ1v) is 1.90. The van der Waals surface area contributed by atoms with Crippen molar-refractivity contribution in [3.8, 4) is 0 Å². The highest BCUT2D eigenvalue weighted by atomic mass is 19.3. The first-order valence-electron chi connectivity index (χ1n) is 1.90. The number of alkyl halides is 5. The summed E-state index contributed by atoms with van der Waals surface area (Å²) < 4.78 is 56.3. The zero-order valence-electron chi connectivity index (χ0n) is 3.80. The zero-order valence-corrected chi connectivity index (χ0v) is 3.80. The van der Waals surface area contributed by atoms with E-state index in [0.29, 0.717) is 0 Å². The lowest BCUT2D eigenvalue weighted by Gasteiger charge is -1.83. The van der Waals surface area contributed by atoms with Gasteiger partial charge in [0.2, 0.25) is 0 Å². The van der Waals surface area contributed by atoms with Gasteiger partial charge in [0.05, 0.1) is 0 Å². The highest BCUT2D eigenvalue weighted by Gasteiger charge is 3.01. The molecule has 0 aromatic rings. The lowest BCUT2D eigenvalue weighted by atomic mass is 10.7. The van der Waals surface area contributed by atoms with Gasteiger partial charge < -0.3 is 0 Å². The smallest absolute Gasteiger partial charge is 0.195 e. The van der Waals surface area contributed by atoms with Gasteiger partial charge in [0, 0.05) is 0 Å². The Morgan fingerprint density at radius 3 is 0.889 bits per heavy atom. The Balaban J connectivity index is 2.91. The molecule has 0 amide bonds. The van der Waals surface area contributed by atoms with Crippen LogP contribution in [0.25, 0.3) is 0 Å². The number of hydrogen-bond donors (Lipinski definition) is 0. The Morgan fingerprint density at radius 1 is 0.778 bits per heavy atom. The van der Waals surface area contributed by atoms with Crippen LogP contribution in [-0.4, -0.2) is 17.7 Å². The van der Waals surface area contributed by atoms with E-state index in [0.717, 1.165) is 0 Å². The van der Waals surface area contributed by atoms with Gasteiger partial charge in [-0.05, 0) is 0 Å². The van der Waals surface area contributed by atoms with Crippen LogP contribution in [0.15, 0.2) is 0 Å². The Morgan fingerprint density at radius 2 is 0.889 bits per heavy atom. The molecule has 9 heavy (non-hydrogen) atoms. The molecule has 6 heteroatoms. The third-order valence-electron chi connectivity index (χ3n) is 1.14. The molecule has 1 radical (unpaired) electrons. The third kappa shape index (κ3) is 0.395. The molecule has 0 saturated heterocycles. The number of halogens is 5. The molecule has 1 saturated carbocycles. The average molecular weight is 147 g/mol. The second kappa shape index (κ2) is 1.07. The van der Waals surface area contributed by atoms with Gasteiger partial charge >= 0.3 is 17.7 Å². The van der Waals surface area contributed by atoms with Gasteiger partial charge in [-0.25, -0.2) is 0 Å². The first kappa shape index (κ1) is 6.73. The SMILES string of the molecule is [O]C1(F)C(F)(F)C1(F)F. The molecule has 1 fully saturated rings. The Kier molecular flexibility index (Phi) is 0.801. The zero-order chi connectivity index (χ0) is 7.50. The van der Waals surface area contributed by atoms with Crippen LogP contribution in [0, 0.1) is 0 Å². The number of hydrogen-bond acceptors (Lipinski definition) is 0. The molecule has 1 rings (SSSR count). The van der Waals surface area contributed by atoms with Crippen molar-refractivity contribution < 1.29 is 27.1 Å². The van der Waals surface area contributed by atoms with Crippen LogP contribution in [0.2, 0.25) is 0 Å². The molecule has 0 N–H and O–H groups in total. The molecule has 0 aromatic carbocycles. The summed E-state index contributed by atoms with van der Waals surface area (Å²) >= 11 is 0. The monoisotopic (exact) mass is 147 g/mol. The van der Waals surface area contributed by atoms with E-state index >= 15 is 0 Å². The molecule has 0 bridgehead atoms. The quantitative estimate of drug-likeness (QED) is 0.461. The van der Waals surface area contributed by atoms with Crippen LogP contribution >= 0.6 is 0 Å². The molecule has 0 atom stereocenters. The Hall–Kier alpha value is -0.390. The van der Waals surface area contributed by atoms with Gasteiger partial charge in [-0.2, -0.15) is 27.1 Å². The summed E-state index contributed by atoms with van der Waals surface area (Å²) in [6.07, 6.45) is 0. The molecule has 0 unspecified atom stereocenters. The predicted octanol–water partition coefficient (Wildman–Crippen LogP) is 1.37. The van der Waals surface area contributed by atoms with E-state index in [4.69, 9.17) is 0 Å². The van der Waals surface area contributed by atoms with E-state index < -0.39 is 17.7 Å². The summed E-state index contributed by atoms with van der Waals surface area (Å²) in [5.41, 5.74) is 0. The topological polar surface area (TPSA) is 19.9 Å². The van der Waals surface area contributed by atoms with E-state index in [2.05, 4.69) is 0 Å². The molecule has 1 nitrogen and oxygen atoms in total. The molecule has 1 aliphatic carbocycles. The van der Waals surface area contributed by atoms with E-state index in [9.17, 15) is 27.1 Å². The molecule has 53 valence electrons. The Labute approximate surface area is 46.1 Å². The first-order chi connectivity index (χ1) is 3.75. The second-order valence-electron chi connectivity index (χ2n) is 1.74. The molecular weight excluding hydrogens is 147 g/mol. The van der Waals surface area contributed by atoms with E-state index in [1.165, 1.54) is 0 Å². The van der Waals surface area contributed by atoms with Gasteiger partial charge in [-0.3, -0.25) is 0 Å². The third-order valence-corrected chi connectivity index (χ3v) is 1.14. The highest BCUT2D eigenvalue weighted by Crippen LogP contribution is 2.66. The molecule has 0 aliphatic heterocycles. The minimum absolute atomic E-state index is 4.88. The van der Waals surface area contributed by atoms with Crippen LogP contribution in [0.4, 0.5) is 22.0 Å².